The van der Waals surface area contributed by atoms with E-state index in [0.717, 1.165) is 16.7 Å². The van der Waals surface area contributed by atoms with E-state index in [0.29, 0.717) is 31.5 Å². The molecule has 6 nitrogen and oxygen atoms in total. The highest BCUT2D eigenvalue weighted by molar-refractivity contribution is 5.89. The third-order valence-corrected chi connectivity index (χ3v) is 6.22. The largest absolute Gasteiger partial charge is 0.465 e. The number of piperidine rings is 1. The van der Waals surface area contributed by atoms with Gasteiger partial charge in [-0.15, -0.1) is 0 Å². The zero-order valence-electron chi connectivity index (χ0n) is 19.1. The molecule has 0 aromatic heterocycles. The summed E-state index contributed by atoms with van der Waals surface area (Å²) in [5.74, 6) is -0.790. The minimum absolute atomic E-state index is 0.0557. The molecule has 34 heavy (non-hydrogen) atoms. The number of methoxy groups -OCH3 is 1. The molecule has 0 bridgehead atoms. The van der Waals surface area contributed by atoms with Gasteiger partial charge in [0.2, 0.25) is 11.8 Å². The van der Waals surface area contributed by atoms with Crippen LogP contribution >= 0.6 is 0 Å². The van der Waals surface area contributed by atoms with Gasteiger partial charge in [0.15, 0.2) is 0 Å². The molecular formula is C28H28N2O4. The molecule has 2 atom stereocenters. The Bertz CT molecular complexity index is 1130. The van der Waals surface area contributed by atoms with Gasteiger partial charge in [-0.05, 0) is 35.2 Å². The van der Waals surface area contributed by atoms with Crippen molar-refractivity contribution in [3.63, 3.8) is 0 Å². The lowest BCUT2D eigenvalue weighted by molar-refractivity contribution is -0.144. The molecule has 3 aromatic rings. The number of carbonyl (C=O) groups is 3. The van der Waals surface area contributed by atoms with Crippen molar-refractivity contribution in [2.24, 2.45) is 5.92 Å². The summed E-state index contributed by atoms with van der Waals surface area (Å²) in [5, 5.41) is 3.04. The summed E-state index contributed by atoms with van der Waals surface area (Å²) >= 11 is 0. The average Bonchev–Trinajstić information content (AvgIpc) is 2.89. The molecule has 174 valence electrons. The van der Waals surface area contributed by atoms with E-state index in [1.54, 1.807) is 24.3 Å². The van der Waals surface area contributed by atoms with Crippen LogP contribution in [0.25, 0.3) is 0 Å². The predicted molar refractivity (Wildman–Crippen MR) is 129 cm³/mol. The minimum Gasteiger partial charge on any atom is -0.465 e. The summed E-state index contributed by atoms with van der Waals surface area (Å²) in [4.78, 5) is 39.8. The Hall–Kier alpha value is -3.93. The molecule has 2 unspecified atom stereocenters. The summed E-state index contributed by atoms with van der Waals surface area (Å²) < 4.78 is 4.73. The second-order valence-corrected chi connectivity index (χ2v) is 8.41. The first-order chi connectivity index (χ1) is 16.6. The van der Waals surface area contributed by atoms with Crippen LogP contribution in [0.2, 0.25) is 0 Å². The van der Waals surface area contributed by atoms with Crippen LogP contribution in [-0.2, 0) is 27.4 Å². The van der Waals surface area contributed by atoms with E-state index in [2.05, 4.69) is 5.32 Å². The lowest BCUT2D eigenvalue weighted by Gasteiger charge is -2.41. The van der Waals surface area contributed by atoms with E-state index in [1.165, 1.54) is 7.11 Å². The number of esters is 1. The second-order valence-electron chi connectivity index (χ2n) is 8.41. The fraction of sp³-hybridized carbons (Fsp3) is 0.250. The van der Waals surface area contributed by atoms with Gasteiger partial charge in [0.05, 0.1) is 24.6 Å². The molecule has 1 fully saturated rings. The molecule has 4 rings (SSSR count). The van der Waals surface area contributed by atoms with Crippen molar-refractivity contribution in [1.82, 2.24) is 10.2 Å². The van der Waals surface area contributed by atoms with Gasteiger partial charge >= 0.3 is 5.97 Å². The predicted octanol–water partition coefficient (Wildman–Crippen LogP) is 4.27. The first kappa shape index (κ1) is 23.2. The molecule has 6 heteroatoms. The Kier molecular flexibility index (Phi) is 7.38. The molecule has 0 spiro atoms. The van der Waals surface area contributed by atoms with Gasteiger partial charge in [-0.1, -0.05) is 72.8 Å². The van der Waals surface area contributed by atoms with Crippen molar-refractivity contribution in [2.45, 2.75) is 32.0 Å². The number of nitrogens with zero attached hydrogens (tertiary/aromatic N) is 1. The van der Waals surface area contributed by atoms with Crippen molar-refractivity contribution >= 4 is 17.8 Å². The quantitative estimate of drug-likeness (QED) is 0.539. The molecule has 0 saturated carbocycles. The van der Waals surface area contributed by atoms with Crippen LogP contribution in [0.3, 0.4) is 0 Å². The molecule has 1 aliphatic heterocycles. The minimum atomic E-state index is -0.397. The average molecular weight is 457 g/mol. The smallest absolute Gasteiger partial charge is 0.337 e. The van der Waals surface area contributed by atoms with Crippen molar-refractivity contribution in [2.75, 3.05) is 7.11 Å². The van der Waals surface area contributed by atoms with E-state index in [9.17, 15) is 14.4 Å². The molecule has 1 saturated heterocycles. The monoisotopic (exact) mass is 456 g/mol. The molecule has 1 N–H and O–H groups in total. The zero-order chi connectivity index (χ0) is 23.9. The standard InChI is InChI=1S/C28H28N2O4/c1-34-28(33)23-14-12-20(13-15-23)18-29-27(32)24-16-17-25(31)30(19-21-8-4-2-5-9-21)26(24)22-10-6-3-7-11-22/h2-15,24,26H,16-19H2,1H3,(H,29,32). The summed E-state index contributed by atoms with van der Waals surface area (Å²) in [6.45, 7) is 0.795. The van der Waals surface area contributed by atoms with Crippen LogP contribution in [-0.4, -0.2) is 29.8 Å². The maximum Gasteiger partial charge on any atom is 0.337 e. The molecule has 3 aromatic carbocycles. The third-order valence-electron chi connectivity index (χ3n) is 6.22. The Morgan fingerprint density at radius 1 is 0.912 bits per heavy atom. The van der Waals surface area contributed by atoms with Gasteiger partial charge in [-0.3, -0.25) is 9.59 Å². The molecule has 2 amide bonds. The molecule has 1 heterocycles. The summed E-state index contributed by atoms with van der Waals surface area (Å²) in [7, 11) is 1.34. The molecule has 1 aliphatic rings. The van der Waals surface area contributed by atoms with Crippen LogP contribution in [0.15, 0.2) is 84.9 Å². The Labute approximate surface area is 199 Å². The van der Waals surface area contributed by atoms with E-state index >= 15 is 0 Å². The maximum atomic E-state index is 13.4. The van der Waals surface area contributed by atoms with Gasteiger partial charge in [0.1, 0.15) is 0 Å². The number of ether oxygens (including phenoxy) is 1. The Morgan fingerprint density at radius 3 is 2.21 bits per heavy atom. The molecular weight excluding hydrogens is 428 g/mol. The first-order valence-corrected chi connectivity index (χ1v) is 11.4. The number of benzene rings is 3. The highest BCUT2D eigenvalue weighted by atomic mass is 16.5. The number of hydrogen-bond donors (Lipinski definition) is 1. The summed E-state index contributed by atoms with van der Waals surface area (Å²) in [6.07, 6.45) is 0.832. The van der Waals surface area contributed by atoms with Crippen LogP contribution in [0.4, 0.5) is 0 Å². The van der Waals surface area contributed by atoms with Gasteiger partial charge < -0.3 is 15.0 Å². The Morgan fingerprint density at radius 2 is 1.56 bits per heavy atom. The van der Waals surface area contributed by atoms with Crippen LogP contribution in [0.5, 0.6) is 0 Å². The van der Waals surface area contributed by atoms with Gasteiger partial charge in [0.25, 0.3) is 0 Å². The van der Waals surface area contributed by atoms with Crippen molar-refractivity contribution in [1.29, 1.82) is 0 Å². The van der Waals surface area contributed by atoms with Crippen molar-refractivity contribution in [3.8, 4) is 0 Å². The number of amides is 2. The van der Waals surface area contributed by atoms with Gasteiger partial charge in [-0.25, -0.2) is 4.79 Å². The summed E-state index contributed by atoms with van der Waals surface area (Å²) in [6, 6.07) is 26.2. The number of nitrogens with one attached hydrogen (secondary N) is 1. The first-order valence-electron chi connectivity index (χ1n) is 11.4. The fourth-order valence-electron chi connectivity index (χ4n) is 4.45. The topological polar surface area (TPSA) is 75.7 Å². The number of likely N-dealkylation sites (tertiary alicyclic amines) is 1. The maximum absolute atomic E-state index is 13.4. The third kappa shape index (κ3) is 5.34. The van der Waals surface area contributed by atoms with Crippen LogP contribution < -0.4 is 5.32 Å². The van der Waals surface area contributed by atoms with E-state index in [1.807, 2.05) is 65.6 Å². The van der Waals surface area contributed by atoms with E-state index in [-0.39, 0.29) is 23.8 Å². The number of rotatable bonds is 7. The lowest BCUT2D eigenvalue weighted by atomic mass is 9.83. The zero-order valence-corrected chi connectivity index (χ0v) is 19.1. The lowest BCUT2D eigenvalue weighted by Crippen LogP contribution is -2.47. The highest BCUT2D eigenvalue weighted by Crippen LogP contribution is 2.38. The summed E-state index contributed by atoms with van der Waals surface area (Å²) in [5.41, 5.74) is 3.33. The van der Waals surface area contributed by atoms with E-state index < -0.39 is 5.97 Å². The second kappa shape index (κ2) is 10.8. The van der Waals surface area contributed by atoms with Gasteiger partial charge in [-0.2, -0.15) is 0 Å². The van der Waals surface area contributed by atoms with Crippen LogP contribution in [0, 0.1) is 5.92 Å². The molecule has 0 aliphatic carbocycles. The van der Waals surface area contributed by atoms with E-state index in [4.69, 9.17) is 4.74 Å². The SMILES string of the molecule is COC(=O)c1ccc(CNC(=O)C2CCC(=O)N(Cc3ccccc3)C2c2ccccc2)cc1. The van der Waals surface area contributed by atoms with Crippen molar-refractivity contribution < 1.29 is 19.1 Å². The molecule has 0 radical (unpaired) electrons. The van der Waals surface area contributed by atoms with Crippen molar-refractivity contribution in [3.05, 3.63) is 107 Å². The highest BCUT2D eigenvalue weighted by Gasteiger charge is 2.40. The number of carbonyl (C=O) groups excluding carboxylic acids is 3. The fourth-order valence-corrected chi connectivity index (χ4v) is 4.45. The Balaban J connectivity index is 1.53. The number of hydrogen-bond acceptors (Lipinski definition) is 4. The van der Waals surface area contributed by atoms with Crippen LogP contribution in [0.1, 0.15) is 45.9 Å². The van der Waals surface area contributed by atoms with Gasteiger partial charge in [0, 0.05) is 19.5 Å². The normalized spacial score (nSPS) is 17.8.